The highest BCUT2D eigenvalue weighted by Crippen LogP contribution is 2.41. The number of alkyl halides is 3. The first-order valence-corrected chi connectivity index (χ1v) is 14.5. The Kier molecular flexibility index (Phi) is 7.67. The minimum atomic E-state index is -4.67. The lowest BCUT2D eigenvalue weighted by atomic mass is 10.1. The van der Waals surface area contributed by atoms with E-state index in [1.54, 1.807) is 9.80 Å². The van der Waals surface area contributed by atoms with Gasteiger partial charge >= 0.3 is 6.18 Å². The number of aromatic nitrogens is 4. The van der Waals surface area contributed by atoms with Gasteiger partial charge in [0.25, 0.3) is 11.8 Å². The van der Waals surface area contributed by atoms with Crippen molar-refractivity contribution in [3.8, 4) is 11.3 Å². The molecule has 1 atom stereocenters. The van der Waals surface area contributed by atoms with Crippen LogP contribution in [-0.2, 0) is 18.0 Å². The number of carbonyl (C=O) groups excluding carboxylic acids is 3. The van der Waals surface area contributed by atoms with E-state index in [0.29, 0.717) is 26.2 Å². The van der Waals surface area contributed by atoms with Crippen molar-refractivity contribution in [2.75, 3.05) is 38.0 Å². The molecule has 15 heteroatoms. The maximum absolute atomic E-state index is 13.7. The molecular weight excluding hydrogens is 589 g/mol. The van der Waals surface area contributed by atoms with Crippen molar-refractivity contribution >= 4 is 35.0 Å². The van der Waals surface area contributed by atoms with Gasteiger partial charge in [0.05, 0.1) is 40.1 Å². The average Bonchev–Trinajstić information content (AvgIpc) is 3.33. The second-order valence-corrected chi connectivity index (χ2v) is 11.4. The summed E-state index contributed by atoms with van der Waals surface area (Å²) >= 11 is 6.44. The van der Waals surface area contributed by atoms with Crippen LogP contribution in [0.15, 0.2) is 30.6 Å². The van der Waals surface area contributed by atoms with E-state index < -0.39 is 17.8 Å². The number of piperazine rings is 1. The lowest BCUT2D eigenvalue weighted by molar-refractivity contribution is -0.141. The molecule has 43 heavy (non-hydrogen) atoms. The number of amides is 3. The van der Waals surface area contributed by atoms with Gasteiger partial charge in [0, 0.05) is 45.1 Å². The van der Waals surface area contributed by atoms with Crippen LogP contribution in [0.25, 0.3) is 11.3 Å². The Balaban J connectivity index is 1.12. The van der Waals surface area contributed by atoms with E-state index in [4.69, 9.17) is 11.6 Å². The average molecular weight is 619 g/mol. The second-order valence-electron chi connectivity index (χ2n) is 11.0. The predicted molar refractivity (Wildman–Crippen MR) is 151 cm³/mol. The number of imidazole rings is 1. The molecule has 0 radical (unpaired) electrons. The molecule has 0 spiro atoms. The third-order valence-corrected chi connectivity index (χ3v) is 8.40. The maximum atomic E-state index is 13.7. The standard InChI is InChI=1S/C28H30ClF3N8O3/c1-37-22(19-15-40(17-5-6-17)36-23(19)28(30,31)32)14-34-24(37)25(41)35-16-4-7-18(20(29)13-16)26(42)38-9-11-39(12-10-38)27(43)21-3-2-8-33-21/h4,7,13-15,17,21,33H,2-3,5-6,8-12H2,1H3,(H,35,41)/t21-/m0/s1. The first-order valence-electron chi connectivity index (χ1n) is 14.1. The molecule has 3 fully saturated rings. The van der Waals surface area contributed by atoms with Gasteiger partial charge in [-0.25, -0.2) is 4.98 Å². The summed E-state index contributed by atoms with van der Waals surface area (Å²) in [5.74, 6) is -0.991. The number of rotatable bonds is 6. The molecule has 1 aliphatic carbocycles. The van der Waals surface area contributed by atoms with Crippen LogP contribution in [0.4, 0.5) is 18.9 Å². The third kappa shape index (κ3) is 5.85. The van der Waals surface area contributed by atoms with E-state index in [2.05, 4.69) is 20.7 Å². The van der Waals surface area contributed by atoms with Crippen LogP contribution in [0.2, 0.25) is 5.02 Å². The largest absolute Gasteiger partial charge is 0.435 e. The molecule has 2 aromatic heterocycles. The molecule has 3 aromatic rings. The zero-order valence-electron chi connectivity index (χ0n) is 23.3. The van der Waals surface area contributed by atoms with Gasteiger partial charge in [-0.2, -0.15) is 18.3 Å². The maximum Gasteiger partial charge on any atom is 0.435 e. The van der Waals surface area contributed by atoms with Crippen molar-refractivity contribution in [3.63, 3.8) is 0 Å². The Morgan fingerprint density at radius 3 is 2.42 bits per heavy atom. The predicted octanol–water partition coefficient (Wildman–Crippen LogP) is 3.58. The normalized spacial score (nSPS) is 19.1. The summed E-state index contributed by atoms with van der Waals surface area (Å²) < 4.78 is 43.8. The highest BCUT2D eigenvalue weighted by Gasteiger charge is 2.40. The van der Waals surface area contributed by atoms with Crippen molar-refractivity contribution in [3.05, 3.63) is 52.7 Å². The Morgan fingerprint density at radius 2 is 1.79 bits per heavy atom. The minimum Gasteiger partial charge on any atom is -0.338 e. The van der Waals surface area contributed by atoms with Crippen LogP contribution in [-0.4, -0.2) is 85.6 Å². The first kappa shape index (κ1) is 29.2. The number of nitrogens with one attached hydrogen (secondary N) is 2. The molecule has 4 heterocycles. The van der Waals surface area contributed by atoms with E-state index >= 15 is 0 Å². The van der Waals surface area contributed by atoms with Gasteiger partial charge in [-0.3, -0.25) is 19.1 Å². The Labute approximate surface area is 250 Å². The van der Waals surface area contributed by atoms with Crippen LogP contribution in [0.5, 0.6) is 0 Å². The van der Waals surface area contributed by atoms with Gasteiger partial charge in [-0.1, -0.05) is 11.6 Å². The van der Waals surface area contributed by atoms with Crippen LogP contribution in [0, 0.1) is 0 Å². The molecule has 0 unspecified atom stereocenters. The quantitative estimate of drug-likeness (QED) is 0.436. The van der Waals surface area contributed by atoms with Crippen molar-refractivity contribution in [1.29, 1.82) is 0 Å². The number of hydrogen-bond donors (Lipinski definition) is 2. The van der Waals surface area contributed by atoms with E-state index in [0.717, 1.165) is 32.2 Å². The molecule has 3 amide bonds. The monoisotopic (exact) mass is 618 g/mol. The Bertz CT molecular complexity index is 1570. The van der Waals surface area contributed by atoms with Gasteiger partial charge in [0.2, 0.25) is 5.91 Å². The third-order valence-electron chi connectivity index (χ3n) is 8.08. The van der Waals surface area contributed by atoms with Gasteiger partial charge in [0.15, 0.2) is 11.5 Å². The smallest absolute Gasteiger partial charge is 0.338 e. The van der Waals surface area contributed by atoms with Crippen molar-refractivity contribution in [1.82, 2.24) is 34.4 Å². The zero-order chi connectivity index (χ0) is 30.5. The van der Waals surface area contributed by atoms with E-state index in [1.165, 1.54) is 46.9 Å². The summed E-state index contributed by atoms with van der Waals surface area (Å²) in [7, 11) is 1.46. The molecule has 1 aromatic carbocycles. The lowest BCUT2D eigenvalue weighted by Crippen LogP contribution is -2.54. The molecule has 6 rings (SSSR count). The number of halogens is 4. The van der Waals surface area contributed by atoms with Crippen LogP contribution >= 0.6 is 11.6 Å². The highest BCUT2D eigenvalue weighted by atomic mass is 35.5. The number of nitrogens with zero attached hydrogens (tertiary/aromatic N) is 6. The fourth-order valence-corrected chi connectivity index (χ4v) is 5.82. The zero-order valence-corrected chi connectivity index (χ0v) is 24.1. The summed E-state index contributed by atoms with van der Waals surface area (Å²) in [6, 6.07) is 4.25. The summed E-state index contributed by atoms with van der Waals surface area (Å²) in [5, 5.41) is 9.74. The van der Waals surface area contributed by atoms with Gasteiger partial charge in [0.1, 0.15) is 0 Å². The van der Waals surface area contributed by atoms with Crippen LogP contribution in [0.1, 0.15) is 58.4 Å². The fourth-order valence-electron chi connectivity index (χ4n) is 5.55. The van der Waals surface area contributed by atoms with Gasteiger partial charge < -0.3 is 25.0 Å². The van der Waals surface area contributed by atoms with Crippen molar-refractivity contribution in [2.24, 2.45) is 7.05 Å². The molecule has 0 bridgehead atoms. The number of benzene rings is 1. The molecule has 11 nitrogen and oxygen atoms in total. The Hall–Kier alpha value is -3.91. The summed E-state index contributed by atoms with van der Waals surface area (Å²) in [6.45, 7) is 2.46. The summed E-state index contributed by atoms with van der Waals surface area (Å²) in [5.41, 5.74) is -0.540. The Morgan fingerprint density at radius 1 is 1.07 bits per heavy atom. The SMILES string of the molecule is Cn1c(-c2cn(C3CC3)nc2C(F)(F)F)cnc1C(=O)Nc1ccc(C(=O)N2CCN(C(=O)[C@@H]3CCCN3)CC2)c(Cl)c1. The number of anilines is 1. The topological polar surface area (TPSA) is 117 Å². The lowest BCUT2D eigenvalue weighted by Gasteiger charge is -2.36. The molecule has 2 saturated heterocycles. The van der Waals surface area contributed by atoms with E-state index in [-0.39, 0.29) is 57.3 Å². The number of carbonyl (C=O) groups is 3. The minimum absolute atomic E-state index is 0.0570. The van der Waals surface area contributed by atoms with Crippen molar-refractivity contribution in [2.45, 2.75) is 43.9 Å². The summed E-state index contributed by atoms with van der Waals surface area (Å²) in [4.78, 5) is 46.4. The molecule has 1 saturated carbocycles. The van der Waals surface area contributed by atoms with Gasteiger partial charge in [-0.15, -0.1) is 0 Å². The van der Waals surface area contributed by atoms with Crippen molar-refractivity contribution < 1.29 is 27.6 Å². The van der Waals surface area contributed by atoms with E-state index in [9.17, 15) is 27.6 Å². The first-order chi connectivity index (χ1) is 20.5. The number of hydrogen-bond acceptors (Lipinski definition) is 6. The second kappa shape index (κ2) is 11.3. The molecule has 2 aliphatic heterocycles. The molecule has 3 aliphatic rings. The van der Waals surface area contributed by atoms with Crippen LogP contribution < -0.4 is 10.6 Å². The van der Waals surface area contributed by atoms with Crippen LogP contribution in [0.3, 0.4) is 0 Å². The highest BCUT2D eigenvalue weighted by molar-refractivity contribution is 6.34. The molecule has 2 N–H and O–H groups in total. The molecule has 228 valence electrons. The molecular formula is C28H30ClF3N8O3. The summed E-state index contributed by atoms with van der Waals surface area (Å²) in [6.07, 6.45) is 1.21. The van der Waals surface area contributed by atoms with E-state index in [1.807, 2.05) is 0 Å². The van der Waals surface area contributed by atoms with Gasteiger partial charge in [-0.05, 0) is 50.4 Å². The fraction of sp³-hybridized carbons (Fsp3) is 0.464.